The van der Waals surface area contributed by atoms with E-state index in [2.05, 4.69) is 9.88 Å². The summed E-state index contributed by atoms with van der Waals surface area (Å²) in [6.45, 7) is 5.23. The highest BCUT2D eigenvalue weighted by Gasteiger charge is 2.43. The average Bonchev–Trinajstić information content (AvgIpc) is 3.27. The summed E-state index contributed by atoms with van der Waals surface area (Å²) in [5.74, 6) is 0.259. The van der Waals surface area contributed by atoms with Gasteiger partial charge in [0.2, 0.25) is 5.91 Å². The summed E-state index contributed by atoms with van der Waals surface area (Å²) in [5.41, 5.74) is 1.38. The minimum atomic E-state index is -0.165. The second kappa shape index (κ2) is 8.25. The molecular weight excluding hydrogens is 342 g/mol. The largest absolute Gasteiger partial charge is 0.392 e. The average molecular weight is 373 g/mol. The molecule has 1 aromatic rings. The van der Waals surface area contributed by atoms with E-state index in [1.165, 1.54) is 0 Å². The third kappa shape index (κ3) is 4.68. The smallest absolute Gasteiger partial charge is 0.222 e. The van der Waals surface area contributed by atoms with Crippen molar-refractivity contribution in [1.82, 2.24) is 14.8 Å². The minimum Gasteiger partial charge on any atom is -0.392 e. The minimum absolute atomic E-state index is 0.165. The summed E-state index contributed by atoms with van der Waals surface area (Å²) in [5, 5.41) is 9.69. The van der Waals surface area contributed by atoms with Crippen molar-refractivity contribution in [1.29, 1.82) is 0 Å². The molecule has 0 radical (unpaired) electrons. The maximum atomic E-state index is 12.5. The summed E-state index contributed by atoms with van der Waals surface area (Å²) < 4.78 is 6.11. The van der Waals surface area contributed by atoms with Crippen LogP contribution in [0, 0.1) is 5.41 Å². The van der Waals surface area contributed by atoms with Crippen LogP contribution in [0.3, 0.4) is 0 Å². The Hall–Kier alpha value is -1.50. The first-order valence-electron chi connectivity index (χ1n) is 10.3. The van der Waals surface area contributed by atoms with Crippen molar-refractivity contribution in [2.45, 2.75) is 50.7 Å². The highest BCUT2D eigenvalue weighted by Crippen LogP contribution is 2.42. The number of aliphatic hydroxyl groups is 1. The van der Waals surface area contributed by atoms with Gasteiger partial charge in [0.15, 0.2) is 0 Å². The van der Waals surface area contributed by atoms with Crippen molar-refractivity contribution in [2.24, 2.45) is 5.41 Å². The Morgan fingerprint density at radius 2 is 2.19 bits per heavy atom. The SMILES string of the molecule is O=C(CCc1cccnc1)N1CCC2(CC1)CO[C@@H](CN1CC[C@@H](O)C1)C2. The molecule has 0 aromatic carbocycles. The molecule has 0 aliphatic carbocycles. The van der Waals surface area contributed by atoms with Gasteiger partial charge in [-0.2, -0.15) is 0 Å². The van der Waals surface area contributed by atoms with Crippen LogP contribution in [-0.4, -0.2) is 77.3 Å². The van der Waals surface area contributed by atoms with E-state index in [4.69, 9.17) is 4.74 Å². The molecule has 1 amide bonds. The van der Waals surface area contributed by atoms with Gasteiger partial charge in [0, 0.05) is 51.5 Å². The van der Waals surface area contributed by atoms with E-state index in [0.29, 0.717) is 6.42 Å². The predicted molar refractivity (Wildman–Crippen MR) is 102 cm³/mol. The highest BCUT2D eigenvalue weighted by molar-refractivity contribution is 5.76. The van der Waals surface area contributed by atoms with Gasteiger partial charge >= 0.3 is 0 Å². The molecule has 2 atom stereocenters. The first kappa shape index (κ1) is 18.8. The van der Waals surface area contributed by atoms with Crippen LogP contribution in [-0.2, 0) is 16.0 Å². The number of hydrogen-bond donors (Lipinski definition) is 1. The van der Waals surface area contributed by atoms with Crippen molar-refractivity contribution in [3.8, 4) is 0 Å². The quantitative estimate of drug-likeness (QED) is 0.847. The fraction of sp³-hybridized carbons (Fsp3) is 0.714. The number of aromatic nitrogens is 1. The molecule has 4 heterocycles. The van der Waals surface area contributed by atoms with Gasteiger partial charge in [0.25, 0.3) is 0 Å². The maximum absolute atomic E-state index is 12.5. The summed E-state index contributed by atoms with van der Waals surface area (Å²) in [6.07, 6.45) is 9.12. The zero-order valence-electron chi connectivity index (χ0n) is 16.1. The third-order valence-electron chi connectivity index (χ3n) is 6.52. The molecule has 1 spiro atoms. The van der Waals surface area contributed by atoms with Crippen LogP contribution >= 0.6 is 0 Å². The van der Waals surface area contributed by atoms with Gasteiger partial charge in [-0.1, -0.05) is 6.07 Å². The molecule has 3 aliphatic rings. The molecule has 1 N–H and O–H groups in total. The number of nitrogens with zero attached hydrogens (tertiary/aromatic N) is 3. The van der Waals surface area contributed by atoms with Crippen molar-refractivity contribution in [3.63, 3.8) is 0 Å². The number of carbonyl (C=O) groups excluding carboxylic acids is 1. The molecule has 1 aromatic heterocycles. The van der Waals surface area contributed by atoms with Crippen molar-refractivity contribution >= 4 is 5.91 Å². The number of ether oxygens (including phenoxy) is 1. The van der Waals surface area contributed by atoms with Crippen molar-refractivity contribution in [3.05, 3.63) is 30.1 Å². The van der Waals surface area contributed by atoms with E-state index in [-0.39, 0.29) is 23.5 Å². The Morgan fingerprint density at radius 3 is 2.89 bits per heavy atom. The van der Waals surface area contributed by atoms with Crippen LogP contribution < -0.4 is 0 Å². The lowest BCUT2D eigenvalue weighted by Gasteiger charge is -2.38. The Morgan fingerprint density at radius 1 is 1.33 bits per heavy atom. The van der Waals surface area contributed by atoms with Crippen LogP contribution in [0.15, 0.2) is 24.5 Å². The third-order valence-corrected chi connectivity index (χ3v) is 6.52. The number of amides is 1. The number of β-amino-alcohol motifs (C(OH)–C–C–N with tert-alkyl or cyclic N) is 1. The maximum Gasteiger partial charge on any atom is 0.222 e. The molecule has 4 rings (SSSR count). The van der Waals surface area contributed by atoms with Gasteiger partial charge in [0.05, 0.1) is 18.8 Å². The number of aliphatic hydroxyl groups excluding tert-OH is 1. The summed E-state index contributed by atoms with van der Waals surface area (Å²) >= 11 is 0. The van der Waals surface area contributed by atoms with Crippen LogP contribution in [0.1, 0.15) is 37.7 Å². The number of rotatable bonds is 5. The van der Waals surface area contributed by atoms with Crippen molar-refractivity contribution < 1.29 is 14.6 Å². The van der Waals surface area contributed by atoms with Crippen LogP contribution in [0.2, 0.25) is 0 Å². The number of likely N-dealkylation sites (tertiary alicyclic amines) is 2. The highest BCUT2D eigenvalue weighted by atomic mass is 16.5. The topological polar surface area (TPSA) is 65.9 Å². The van der Waals surface area contributed by atoms with Gasteiger partial charge < -0.3 is 14.7 Å². The number of carbonyl (C=O) groups is 1. The molecular formula is C21H31N3O3. The van der Waals surface area contributed by atoms with E-state index < -0.39 is 0 Å². The van der Waals surface area contributed by atoms with Gasteiger partial charge in [-0.05, 0) is 49.1 Å². The van der Waals surface area contributed by atoms with Crippen LogP contribution in [0.4, 0.5) is 0 Å². The molecule has 0 bridgehead atoms. The lowest BCUT2D eigenvalue weighted by Crippen LogP contribution is -2.43. The monoisotopic (exact) mass is 373 g/mol. The van der Waals surface area contributed by atoms with Gasteiger partial charge in [-0.25, -0.2) is 0 Å². The standard InChI is InChI=1S/C21H31N3O3/c25-18-5-9-23(14-18)15-19-12-21(16-27-19)6-10-24(11-7-21)20(26)4-3-17-2-1-8-22-13-17/h1-2,8,13,18-19,25H,3-7,9-12,14-16H2/t18-,19-/m1/s1. The summed E-state index contributed by atoms with van der Waals surface area (Å²) in [7, 11) is 0. The zero-order valence-corrected chi connectivity index (χ0v) is 16.1. The molecule has 148 valence electrons. The number of hydrogen-bond acceptors (Lipinski definition) is 5. The molecule has 3 aliphatic heterocycles. The van der Waals surface area contributed by atoms with Gasteiger partial charge in [0.1, 0.15) is 0 Å². The van der Waals surface area contributed by atoms with Crippen LogP contribution in [0.5, 0.6) is 0 Å². The van der Waals surface area contributed by atoms with Crippen molar-refractivity contribution in [2.75, 3.05) is 39.3 Å². The molecule has 27 heavy (non-hydrogen) atoms. The predicted octanol–water partition coefficient (Wildman–Crippen LogP) is 1.48. The Labute approximate surface area is 161 Å². The summed E-state index contributed by atoms with van der Waals surface area (Å²) in [6, 6.07) is 3.95. The van der Waals surface area contributed by atoms with E-state index in [0.717, 1.165) is 77.0 Å². The molecule has 6 nitrogen and oxygen atoms in total. The zero-order chi connectivity index (χ0) is 18.7. The molecule has 6 heteroatoms. The Kier molecular flexibility index (Phi) is 5.76. The molecule has 3 fully saturated rings. The Bertz CT molecular complexity index is 631. The fourth-order valence-corrected chi connectivity index (χ4v) is 4.81. The van der Waals surface area contributed by atoms with Gasteiger partial charge in [-0.15, -0.1) is 0 Å². The van der Waals surface area contributed by atoms with E-state index >= 15 is 0 Å². The molecule has 0 unspecified atom stereocenters. The molecule has 0 saturated carbocycles. The number of pyridine rings is 1. The van der Waals surface area contributed by atoms with Gasteiger partial charge in [-0.3, -0.25) is 14.7 Å². The lowest BCUT2D eigenvalue weighted by atomic mass is 9.76. The summed E-state index contributed by atoms with van der Waals surface area (Å²) in [4.78, 5) is 21.0. The van der Waals surface area contributed by atoms with E-state index in [1.807, 2.05) is 23.2 Å². The first-order chi connectivity index (χ1) is 13.1. The fourth-order valence-electron chi connectivity index (χ4n) is 4.81. The number of piperidine rings is 1. The number of aryl methyl sites for hydroxylation is 1. The van der Waals surface area contributed by atoms with Crippen LogP contribution in [0.25, 0.3) is 0 Å². The van der Waals surface area contributed by atoms with E-state index in [1.54, 1.807) is 6.20 Å². The Balaban J connectivity index is 1.21. The second-order valence-corrected chi connectivity index (χ2v) is 8.58. The normalized spacial score (nSPS) is 28.1. The first-order valence-corrected chi connectivity index (χ1v) is 10.3. The second-order valence-electron chi connectivity index (χ2n) is 8.58. The molecule has 3 saturated heterocycles. The van der Waals surface area contributed by atoms with E-state index in [9.17, 15) is 9.90 Å². The lowest BCUT2D eigenvalue weighted by molar-refractivity contribution is -0.133.